The van der Waals surface area contributed by atoms with E-state index in [2.05, 4.69) is 5.32 Å². The third-order valence-corrected chi connectivity index (χ3v) is 3.01. The number of nitro benzene ring substituents is 1. The summed E-state index contributed by atoms with van der Waals surface area (Å²) in [5, 5.41) is 14.1. The molecule has 0 amide bonds. The van der Waals surface area contributed by atoms with E-state index in [9.17, 15) is 10.1 Å². The van der Waals surface area contributed by atoms with Gasteiger partial charge in [0.25, 0.3) is 5.69 Å². The minimum atomic E-state index is -0.463. The van der Waals surface area contributed by atoms with Crippen LogP contribution >= 0.6 is 11.6 Å². The molecule has 0 aliphatic heterocycles. The predicted molar refractivity (Wildman–Crippen MR) is 62.7 cm³/mol. The Morgan fingerprint density at radius 3 is 2.69 bits per heavy atom. The van der Waals surface area contributed by atoms with E-state index < -0.39 is 4.92 Å². The van der Waals surface area contributed by atoms with Crippen LogP contribution in [0.5, 0.6) is 0 Å². The van der Waals surface area contributed by atoms with Gasteiger partial charge in [0.2, 0.25) is 0 Å². The first kappa shape index (κ1) is 11.2. The molecule has 16 heavy (non-hydrogen) atoms. The van der Waals surface area contributed by atoms with E-state index in [0.717, 1.165) is 18.5 Å². The van der Waals surface area contributed by atoms with Crippen molar-refractivity contribution in [3.8, 4) is 0 Å². The third-order valence-electron chi connectivity index (χ3n) is 2.70. The molecule has 1 aromatic carbocycles. The SMILES string of the molecule is NC1CC(Nc2ccc([N+](=O)[O-])cc2Cl)C1. The normalized spacial score (nSPS) is 23.6. The molecule has 0 bridgehead atoms. The molecule has 1 saturated carbocycles. The second kappa shape index (κ2) is 4.27. The average molecular weight is 242 g/mol. The Morgan fingerprint density at radius 2 is 2.19 bits per heavy atom. The van der Waals surface area contributed by atoms with E-state index in [0.29, 0.717) is 11.1 Å². The van der Waals surface area contributed by atoms with E-state index >= 15 is 0 Å². The van der Waals surface area contributed by atoms with E-state index in [1.165, 1.54) is 12.1 Å². The highest BCUT2D eigenvalue weighted by Crippen LogP contribution is 2.30. The van der Waals surface area contributed by atoms with Gasteiger partial charge in [-0.1, -0.05) is 11.6 Å². The highest BCUT2D eigenvalue weighted by atomic mass is 35.5. The monoisotopic (exact) mass is 241 g/mol. The van der Waals surface area contributed by atoms with Crippen LogP contribution in [0.1, 0.15) is 12.8 Å². The summed E-state index contributed by atoms with van der Waals surface area (Å²) in [6.45, 7) is 0. The average Bonchev–Trinajstić information content (AvgIpc) is 2.18. The van der Waals surface area contributed by atoms with E-state index in [1.807, 2.05) is 0 Å². The number of nitrogens with zero attached hydrogens (tertiary/aromatic N) is 1. The van der Waals surface area contributed by atoms with Crippen molar-refractivity contribution in [2.24, 2.45) is 5.73 Å². The van der Waals surface area contributed by atoms with Crippen molar-refractivity contribution >= 4 is 23.0 Å². The molecule has 0 unspecified atom stereocenters. The van der Waals surface area contributed by atoms with Crippen molar-refractivity contribution in [3.63, 3.8) is 0 Å². The number of hydrogen-bond donors (Lipinski definition) is 2. The van der Waals surface area contributed by atoms with Crippen LogP contribution in [0.15, 0.2) is 18.2 Å². The van der Waals surface area contributed by atoms with Gasteiger partial charge in [0.05, 0.1) is 15.6 Å². The van der Waals surface area contributed by atoms with Crippen molar-refractivity contribution in [2.75, 3.05) is 5.32 Å². The number of nitro groups is 1. The zero-order chi connectivity index (χ0) is 11.7. The maximum absolute atomic E-state index is 10.5. The number of non-ortho nitro benzene ring substituents is 1. The number of hydrogen-bond acceptors (Lipinski definition) is 4. The van der Waals surface area contributed by atoms with Gasteiger partial charge in [0.15, 0.2) is 0 Å². The van der Waals surface area contributed by atoms with Crippen LogP contribution in [-0.4, -0.2) is 17.0 Å². The number of nitrogens with two attached hydrogens (primary N) is 1. The molecule has 5 nitrogen and oxygen atoms in total. The minimum absolute atomic E-state index is 0.000797. The highest BCUT2D eigenvalue weighted by Gasteiger charge is 2.26. The highest BCUT2D eigenvalue weighted by molar-refractivity contribution is 6.33. The second-order valence-electron chi connectivity index (χ2n) is 3.99. The maximum atomic E-state index is 10.5. The summed E-state index contributed by atoms with van der Waals surface area (Å²) < 4.78 is 0. The molecule has 0 spiro atoms. The Balaban J connectivity index is 2.07. The van der Waals surface area contributed by atoms with E-state index in [1.54, 1.807) is 6.07 Å². The summed E-state index contributed by atoms with van der Waals surface area (Å²) in [6.07, 6.45) is 1.82. The molecule has 86 valence electrons. The molecule has 0 saturated heterocycles. The first-order valence-corrected chi connectivity index (χ1v) is 5.40. The van der Waals surface area contributed by atoms with Crippen LogP contribution in [0, 0.1) is 10.1 Å². The smallest absolute Gasteiger partial charge is 0.271 e. The molecule has 3 N–H and O–H groups in total. The van der Waals surface area contributed by atoms with Crippen LogP contribution < -0.4 is 11.1 Å². The second-order valence-corrected chi connectivity index (χ2v) is 4.40. The molecule has 6 heteroatoms. The summed E-state index contributed by atoms with van der Waals surface area (Å²) in [5.74, 6) is 0. The Kier molecular flexibility index (Phi) is 2.98. The summed E-state index contributed by atoms with van der Waals surface area (Å²) in [5.41, 5.74) is 6.39. The van der Waals surface area contributed by atoms with Gasteiger partial charge in [0.1, 0.15) is 0 Å². The van der Waals surface area contributed by atoms with Gasteiger partial charge in [0, 0.05) is 24.2 Å². The lowest BCUT2D eigenvalue weighted by atomic mass is 9.87. The molecule has 1 fully saturated rings. The summed E-state index contributed by atoms with van der Waals surface area (Å²) in [7, 11) is 0. The minimum Gasteiger partial charge on any atom is -0.381 e. The summed E-state index contributed by atoms with van der Waals surface area (Å²) in [6, 6.07) is 5.00. The fraction of sp³-hybridized carbons (Fsp3) is 0.400. The van der Waals surface area contributed by atoms with Gasteiger partial charge in [-0.15, -0.1) is 0 Å². The van der Waals surface area contributed by atoms with Crippen LogP contribution in [0.4, 0.5) is 11.4 Å². The third kappa shape index (κ3) is 2.25. The van der Waals surface area contributed by atoms with Gasteiger partial charge in [-0.2, -0.15) is 0 Å². The lowest BCUT2D eigenvalue weighted by Gasteiger charge is -2.34. The van der Waals surface area contributed by atoms with Gasteiger partial charge < -0.3 is 11.1 Å². The van der Waals surface area contributed by atoms with Crippen LogP contribution in [0.3, 0.4) is 0 Å². The Morgan fingerprint density at radius 1 is 1.50 bits per heavy atom. The van der Waals surface area contributed by atoms with Crippen molar-refractivity contribution in [1.29, 1.82) is 0 Å². The van der Waals surface area contributed by atoms with Gasteiger partial charge >= 0.3 is 0 Å². The van der Waals surface area contributed by atoms with E-state index in [4.69, 9.17) is 17.3 Å². The largest absolute Gasteiger partial charge is 0.381 e. The lowest BCUT2D eigenvalue weighted by Crippen LogP contribution is -2.44. The van der Waals surface area contributed by atoms with Gasteiger partial charge in [-0.25, -0.2) is 0 Å². The van der Waals surface area contributed by atoms with Crippen molar-refractivity contribution < 1.29 is 4.92 Å². The van der Waals surface area contributed by atoms with E-state index in [-0.39, 0.29) is 11.7 Å². The zero-order valence-electron chi connectivity index (χ0n) is 8.52. The number of halogens is 1. The molecular weight excluding hydrogens is 230 g/mol. The number of rotatable bonds is 3. The predicted octanol–water partition coefficient (Wildman–Crippen LogP) is 2.15. The Labute approximate surface area is 97.7 Å². The zero-order valence-corrected chi connectivity index (χ0v) is 9.28. The molecule has 0 atom stereocenters. The first-order chi connectivity index (χ1) is 7.56. The quantitative estimate of drug-likeness (QED) is 0.628. The van der Waals surface area contributed by atoms with Crippen LogP contribution in [0.2, 0.25) is 5.02 Å². The molecule has 2 rings (SSSR count). The Hall–Kier alpha value is -1.33. The molecule has 1 aliphatic carbocycles. The van der Waals surface area contributed by atoms with Crippen molar-refractivity contribution in [2.45, 2.75) is 24.9 Å². The fourth-order valence-electron chi connectivity index (χ4n) is 1.73. The number of benzene rings is 1. The van der Waals surface area contributed by atoms with Crippen molar-refractivity contribution in [3.05, 3.63) is 33.3 Å². The summed E-state index contributed by atoms with van der Waals surface area (Å²) in [4.78, 5) is 10.0. The van der Waals surface area contributed by atoms with Crippen LogP contribution in [0.25, 0.3) is 0 Å². The number of nitrogens with one attached hydrogen (secondary N) is 1. The molecule has 1 aromatic rings. The topological polar surface area (TPSA) is 81.2 Å². The fourth-order valence-corrected chi connectivity index (χ4v) is 1.96. The standard InChI is InChI=1S/C10H12ClN3O2/c11-9-5-8(14(15)16)1-2-10(9)13-7-3-6(12)4-7/h1-2,5-7,13H,3-4,12H2. The van der Waals surface area contributed by atoms with Gasteiger partial charge in [-0.3, -0.25) is 10.1 Å². The van der Waals surface area contributed by atoms with Crippen molar-refractivity contribution in [1.82, 2.24) is 0 Å². The lowest BCUT2D eigenvalue weighted by molar-refractivity contribution is -0.384. The maximum Gasteiger partial charge on any atom is 0.271 e. The molecular formula is C10H12ClN3O2. The molecule has 0 radical (unpaired) electrons. The van der Waals surface area contributed by atoms with Gasteiger partial charge in [-0.05, 0) is 18.9 Å². The summed E-state index contributed by atoms with van der Waals surface area (Å²) >= 11 is 5.94. The Bertz CT molecular complexity index is 419. The molecule has 0 aromatic heterocycles. The first-order valence-electron chi connectivity index (χ1n) is 5.02. The number of anilines is 1. The molecule has 0 heterocycles. The van der Waals surface area contributed by atoms with Crippen LogP contribution in [-0.2, 0) is 0 Å². The molecule has 1 aliphatic rings.